The van der Waals surface area contributed by atoms with Crippen molar-refractivity contribution >= 4 is 33.4 Å². The van der Waals surface area contributed by atoms with Gasteiger partial charge in [-0.3, -0.25) is 19.4 Å². The van der Waals surface area contributed by atoms with Crippen molar-refractivity contribution in [1.29, 1.82) is 0 Å². The van der Waals surface area contributed by atoms with E-state index in [1.807, 2.05) is 24.3 Å². The van der Waals surface area contributed by atoms with E-state index in [1.165, 1.54) is 10.5 Å². The zero-order valence-corrected chi connectivity index (χ0v) is 16.6. The van der Waals surface area contributed by atoms with Crippen molar-refractivity contribution in [2.24, 2.45) is 0 Å². The van der Waals surface area contributed by atoms with E-state index in [2.05, 4.69) is 50.0 Å². The highest BCUT2D eigenvalue weighted by atomic mass is 79.9. The highest BCUT2D eigenvalue weighted by Gasteiger charge is 2.43. The number of benzene rings is 2. The summed E-state index contributed by atoms with van der Waals surface area (Å²) in [5.74, 6) is -0.230. The van der Waals surface area contributed by atoms with Crippen molar-refractivity contribution in [3.63, 3.8) is 0 Å². The Morgan fingerprint density at radius 3 is 2.26 bits per heavy atom. The minimum atomic E-state index is -0.344. The number of hydrogen-bond acceptors (Lipinski definition) is 4. The number of imide groups is 1. The lowest BCUT2D eigenvalue weighted by molar-refractivity contribution is -0.123. The van der Waals surface area contributed by atoms with Crippen molar-refractivity contribution in [3.8, 4) is 0 Å². The van der Waals surface area contributed by atoms with E-state index in [0.29, 0.717) is 5.69 Å². The highest BCUT2D eigenvalue weighted by Crippen LogP contribution is 2.31. The van der Waals surface area contributed by atoms with E-state index >= 15 is 0 Å². The van der Waals surface area contributed by atoms with Crippen molar-refractivity contribution < 1.29 is 9.59 Å². The van der Waals surface area contributed by atoms with Gasteiger partial charge in [0, 0.05) is 37.2 Å². The summed E-state index contributed by atoms with van der Waals surface area (Å²) in [5.41, 5.74) is 1.94. The zero-order chi connectivity index (χ0) is 18.8. The number of nitrogens with zero attached hydrogens (tertiary/aromatic N) is 3. The van der Waals surface area contributed by atoms with Crippen LogP contribution in [-0.4, -0.2) is 53.8 Å². The van der Waals surface area contributed by atoms with Crippen LogP contribution in [0.15, 0.2) is 59.1 Å². The Bertz CT molecular complexity index is 834. The highest BCUT2D eigenvalue weighted by molar-refractivity contribution is 9.10. The van der Waals surface area contributed by atoms with Crippen LogP contribution in [0.2, 0.25) is 0 Å². The normalized spacial score (nSPS) is 21.8. The van der Waals surface area contributed by atoms with Crippen LogP contribution in [0.4, 0.5) is 5.69 Å². The van der Waals surface area contributed by atoms with Crippen LogP contribution in [-0.2, 0) is 16.1 Å². The van der Waals surface area contributed by atoms with E-state index in [9.17, 15) is 9.59 Å². The van der Waals surface area contributed by atoms with Crippen molar-refractivity contribution in [2.45, 2.75) is 19.0 Å². The number of rotatable bonds is 4. The van der Waals surface area contributed by atoms with Crippen LogP contribution in [0, 0.1) is 0 Å². The van der Waals surface area contributed by atoms with Crippen LogP contribution < -0.4 is 4.90 Å². The third kappa shape index (κ3) is 3.83. The summed E-state index contributed by atoms with van der Waals surface area (Å²) >= 11 is 3.45. The van der Waals surface area contributed by atoms with Crippen molar-refractivity contribution in [1.82, 2.24) is 9.80 Å². The molecular weight excluding hydrogens is 406 g/mol. The van der Waals surface area contributed by atoms with Crippen LogP contribution in [0.5, 0.6) is 0 Å². The Kier molecular flexibility index (Phi) is 5.38. The van der Waals surface area contributed by atoms with Gasteiger partial charge >= 0.3 is 0 Å². The lowest BCUT2D eigenvalue weighted by atomic mass is 10.1. The molecule has 2 aliphatic rings. The SMILES string of the molecule is O=C1C[C@H](N2CCN(Cc3ccccc3)CC2)C(=O)N1c1ccccc1Br. The van der Waals surface area contributed by atoms with E-state index in [1.54, 1.807) is 6.07 Å². The average Bonchev–Trinajstić information content (AvgIpc) is 2.98. The van der Waals surface area contributed by atoms with Gasteiger partial charge in [-0.05, 0) is 33.6 Å². The van der Waals surface area contributed by atoms with E-state index in [-0.39, 0.29) is 24.3 Å². The first kappa shape index (κ1) is 18.3. The maximum absolute atomic E-state index is 13.0. The second-order valence-electron chi connectivity index (χ2n) is 7.04. The summed E-state index contributed by atoms with van der Waals surface area (Å²) in [7, 11) is 0. The summed E-state index contributed by atoms with van der Waals surface area (Å²) < 4.78 is 0.764. The number of carbonyl (C=O) groups is 2. The van der Waals surface area contributed by atoms with Crippen LogP contribution >= 0.6 is 15.9 Å². The van der Waals surface area contributed by atoms with Gasteiger partial charge in [-0.25, -0.2) is 4.90 Å². The quantitative estimate of drug-likeness (QED) is 0.703. The second-order valence-corrected chi connectivity index (χ2v) is 7.89. The molecule has 1 atom stereocenters. The molecule has 2 aromatic rings. The van der Waals surface area contributed by atoms with Gasteiger partial charge in [0.1, 0.15) is 0 Å². The number of halogens is 1. The summed E-state index contributed by atoms with van der Waals surface area (Å²) in [4.78, 5) is 31.4. The molecule has 0 N–H and O–H groups in total. The molecule has 0 spiro atoms. The Morgan fingerprint density at radius 2 is 1.56 bits per heavy atom. The fourth-order valence-electron chi connectivity index (χ4n) is 3.86. The van der Waals surface area contributed by atoms with Gasteiger partial charge in [0.05, 0.1) is 18.2 Å². The van der Waals surface area contributed by atoms with Crippen LogP contribution in [0.3, 0.4) is 0 Å². The fourth-order valence-corrected chi connectivity index (χ4v) is 4.32. The van der Waals surface area contributed by atoms with Crippen LogP contribution in [0.25, 0.3) is 0 Å². The lowest BCUT2D eigenvalue weighted by Gasteiger charge is -2.37. The minimum Gasteiger partial charge on any atom is -0.297 e. The first-order valence-electron chi connectivity index (χ1n) is 9.25. The second kappa shape index (κ2) is 7.92. The predicted octanol–water partition coefficient (Wildman–Crippen LogP) is 2.90. The molecule has 5 nitrogen and oxygen atoms in total. The predicted molar refractivity (Wildman–Crippen MR) is 108 cm³/mol. The first-order chi connectivity index (χ1) is 13.1. The topological polar surface area (TPSA) is 43.9 Å². The Hall–Kier alpha value is -2.02. The largest absolute Gasteiger partial charge is 0.297 e. The molecule has 2 heterocycles. The van der Waals surface area contributed by atoms with Crippen molar-refractivity contribution in [2.75, 3.05) is 31.1 Å². The molecule has 0 saturated carbocycles. The van der Waals surface area contributed by atoms with Gasteiger partial charge in [0.25, 0.3) is 5.91 Å². The Balaban J connectivity index is 1.40. The molecule has 2 aliphatic heterocycles. The summed E-state index contributed by atoms with van der Waals surface area (Å²) in [6, 6.07) is 17.5. The molecule has 2 saturated heterocycles. The van der Waals surface area contributed by atoms with E-state index in [0.717, 1.165) is 37.2 Å². The first-order valence-corrected chi connectivity index (χ1v) is 10.0. The molecule has 0 unspecified atom stereocenters. The number of carbonyl (C=O) groups excluding carboxylic acids is 2. The number of amides is 2. The van der Waals surface area contributed by atoms with Gasteiger partial charge in [-0.1, -0.05) is 42.5 Å². The molecule has 0 aliphatic carbocycles. The standard InChI is InChI=1S/C21H22BrN3O2/c22-17-8-4-5-9-18(17)25-20(26)14-19(21(25)27)24-12-10-23(11-13-24)15-16-6-2-1-3-7-16/h1-9,19H,10-15H2/t19-/m0/s1. The molecule has 27 heavy (non-hydrogen) atoms. The monoisotopic (exact) mass is 427 g/mol. The van der Waals surface area contributed by atoms with Crippen LogP contribution in [0.1, 0.15) is 12.0 Å². The van der Waals surface area contributed by atoms with Crippen molar-refractivity contribution in [3.05, 3.63) is 64.6 Å². The molecule has 0 bridgehead atoms. The Morgan fingerprint density at radius 1 is 0.889 bits per heavy atom. The maximum atomic E-state index is 13.0. The molecule has 6 heteroatoms. The van der Waals surface area contributed by atoms with Gasteiger partial charge < -0.3 is 0 Å². The Labute approximate surface area is 167 Å². The molecule has 0 aromatic heterocycles. The lowest BCUT2D eigenvalue weighted by Crippen LogP contribution is -2.52. The molecule has 2 amide bonds. The third-order valence-electron chi connectivity index (χ3n) is 5.31. The van der Waals surface area contributed by atoms with Gasteiger partial charge in [-0.15, -0.1) is 0 Å². The summed E-state index contributed by atoms with van der Waals surface area (Å²) in [5, 5.41) is 0. The van der Waals surface area contributed by atoms with Gasteiger partial charge in [0.2, 0.25) is 5.91 Å². The molecular formula is C21H22BrN3O2. The minimum absolute atomic E-state index is 0.108. The summed E-state index contributed by atoms with van der Waals surface area (Å²) in [6.45, 7) is 4.35. The number of anilines is 1. The summed E-state index contributed by atoms with van der Waals surface area (Å²) in [6.07, 6.45) is 0.263. The maximum Gasteiger partial charge on any atom is 0.251 e. The number of piperazine rings is 1. The smallest absolute Gasteiger partial charge is 0.251 e. The van der Waals surface area contributed by atoms with Gasteiger partial charge in [0.15, 0.2) is 0 Å². The van der Waals surface area contributed by atoms with E-state index < -0.39 is 0 Å². The molecule has 140 valence electrons. The fraction of sp³-hybridized carbons (Fsp3) is 0.333. The third-order valence-corrected chi connectivity index (χ3v) is 5.98. The zero-order valence-electron chi connectivity index (χ0n) is 15.1. The van der Waals surface area contributed by atoms with E-state index in [4.69, 9.17) is 0 Å². The van der Waals surface area contributed by atoms with Gasteiger partial charge in [-0.2, -0.15) is 0 Å². The number of hydrogen-bond donors (Lipinski definition) is 0. The molecule has 4 rings (SSSR count). The molecule has 2 fully saturated rings. The average molecular weight is 428 g/mol. The number of para-hydroxylation sites is 1. The molecule has 0 radical (unpaired) electrons. The molecule has 2 aromatic carbocycles.